The van der Waals surface area contributed by atoms with E-state index in [1.165, 1.54) is 6.92 Å². The van der Waals surface area contributed by atoms with Crippen LogP contribution < -0.4 is 0 Å². The number of ether oxygens (including phenoxy) is 5. The molecule has 4 unspecified atom stereocenters. The van der Waals surface area contributed by atoms with E-state index in [1.807, 2.05) is 0 Å². The fourth-order valence-electron chi connectivity index (χ4n) is 2.07. The van der Waals surface area contributed by atoms with Crippen molar-refractivity contribution in [2.75, 3.05) is 52.9 Å². The Bertz CT molecular complexity index is 339. The van der Waals surface area contributed by atoms with Crippen LogP contribution in [0.3, 0.4) is 0 Å². The molecule has 0 aromatic heterocycles. The Balaban J connectivity index is 1.92. The van der Waals surface area contributed by atoms with Crippen molar-refractivity contribution in [2.24, 2.45) is 0 Å². The lowest BCUT2D eigenvalue weighted by molar-refractivity contribution is -0.259. The average molecular weight is 352 g/mol. The first-order valence-electron chi connectivity index (χ1n) is 8.01. The van der Waals surface area contributed by atoms with E-state index in [9.17, 15) is 15.0 Å². The number of ketones is 1. The highest BCUT2D eigenvalue weighted by molar-refractivity contribution is 5.76. The lowest BCUT2D eigenvalue weighted by atomic mass is 10.0. The van der Waals surface area contributed by atoms with Gasteiger partial charge in [-0.15, -0.1) is 0 Å². The first-order chi connectivity index (χ1) is 11.5. The molecule has 1 heterocycles. The van der Waals surface area contributed by atoms with Gasteiger partial charge in [-0.1, -0.05) is 0 Å². The maximum absolute atomic E-state index is 10.6. The summed E-state index contributed by atoms with van der Waals surface area (Å²) >= 11 is 0. The van der Waals surface area contributed by atoms with E-state index in [-0.39, 0.29) is 32.0 Å². The third kappa shape index (κ3) is 9.00. The number of rotatable bonds is 13. The number of Topliss-reactive ketones (excluding diaryl/α,β-unsaturated/α-hetero) is 1. The lowest BCUT2D eigenvalue weighted by Crippen LogP contribution is -2.50. The summed E-state index contributed by atoms with van der Waals surface area (Å²) in [4.78, 5) is 10.6. The first kappa shape index (κ1) is 21.4. The Morgan fingerprint density at radius 2 is 1.62 bits per heavy atom. The molecule has 142 valence electrons. The van der Waals surface area contributed by atoms with Gasteiger partial charge >= 0.3 is 0 Å². The van der Waals surface area contributed by atoms with Gasteiger partial charge in [0.05, 0.1) is 52.4 Å². The molecule has 0 radical (unpaired) electrons. The van der Waals surface area contributed by atoms with Gasteiger partial charge < -0.3 is 39.0 Å². The van der Waals surface area contributed by atoms with Crippen LogP contribution in [0.1, 0.15) is 13.3 Å². The zero-order valence-corrected chi connectivity index (χ0v) is 14.0. The lowest BCUT2D eigenvalue weighted by Gasteiger charge is -2.35. The number of aliphatic hydroxyl groups is 3. The summed E-state index contributed by atoms with van der Waals surface area (Å²) in [5.74, 6) is -0.0207. The van der Waals surface area contributed by atoms with Crippen LogP contribution in [-0.4, -0.2) is 98.6 Å². The molecule has 9 heteroatoms. The summed E-state index contributed by atoms with van der Waals surface area (Å²) in [6.45, 7) is 3.31. The highest BCUT2D eigenvalue weighted by Crippen LogP contribution is 2.20. The van der Waals surface area contributed by atoms with Crippen molar-refractivity contribution in [2.45, 2.75) is 37.9 Å². The van der Waals surface area contributed by atoms with Crippen LogP contribution >= 0.6 is 0 Å². The van der Waals surface area contributed by atoms with E-state index < -0.39 is 24.6 Å². The van der Waals surface area contributed by atoms with Gasteiger partial charge in [0.25, 0.3) is 0 Å². The SMILES string of the molecule is CC(=O)COCCOCCOCCOC1CC(O)C(O)C(CO)O1. The fourth-order valence-corrected chi connectivity index (χ4v) is 2.07. The van der Waals surface area contributed by atoms with Crippen LogP contribution in [-0.2, 0) is 28.5 Å². The van der Waals surface area contributed by atoms with Gasteiger partial charge in [-0.2, -0.15) is 0 Å². The molecule has 1 rings (SSSR count). The Kier molecular flexibility index (Phi) is 11.3. The zero-order chi connectivity index (χ0) is 17.8. The van der Waals surface area contributed by atoms with Crippen LogP contribution in [0, 0.1) is 0 Å². The minimum atomic E-state index is -1.11. The van der Waals surface area contributed by atoms with Gasteiger partial charge in [0, 0.05) is 6.42 Å². The zero-order valence-electron chi connectivity index (χ0n) is 14.0. The number of hydrogen-bond acceptors (Lipinski definition) is 9. The Morgan fingerprint density at radius 1 is 1.04 bits per heavy atom. The number of hydrogen-bond donors (Lipinski definition) is 3. The van der Waals surface area contributed by atoms with Gasteiger partial charge in [-0.3, -0.25) is 4.79 Å². The average Bonchev–Trinajstić information content (AvgIpc) is 2.55. The molecule has 1 aliphatic heterocycles. The summed E-state index contributed by atoms with van der Waals surface area (Å²) in [5, 5.41) is 28.3. The third-order valence-electron chi connectivity index (χ3n) is 3.30. The topological polar surface area (TPSA) is 124 Å². The van der Waals surface area contributed by atoms with Crippen LogP contribution in [0.15, 0.2) is 0 Å². The number of carbonyl (C=O) groups is 1. The Morgan fingerprint density at radius 3 is 2.21 bits per heavy atom. The van der Waals surface area contributed by atoms with E-state index in [0.29, 0.717) is 33.0 Å². The summed E-state index contributed by atoms with van der Waals surface area (Å²) in [5.41, 5.74) is 0. The smallest absolute Gasteiger partial charge is 0.160 e. The van der Waals surface area contributed by atoms with E-state index in [2.05, 4.69) is 0 Å². The van der Waals surface area contributed by atoms with Crippen molar-refractivity contribution in [3.8, 4) is 0 Å². The highest BCUT2D eigenvalue weighted by Gasteiger charge is 2.36. The maximum Gasteiger partial charge on any atom is 0.160 e. The molecule has 0 spiro atoms. The molecule has 0 aromatic carbocycles. The van der Waals surface area contributed by atoms with Crippen molar-refractivity contribution < 1.29 is 43.8 Å². The van der Waals surface area contributed by atoms with Crippen molar-refractivity contribution in [1.82, 2.24) is 0 Å². The minimum absolute atomic E-state index is 0.0207. The molecular formula is C15H28O9. The number of aliphatic hydroxyl groups excluding tert-OH is 3. The van der Waals surface area contributed by atoms with E-state index in [1.54, 1.807) is 0 Å². The molecule has 9 nitrogen and oxygen atoms in total. The van der Waals surface area contributed by atoms with Crippen LogP contribution in [0.25, 0.3) is 0 Å². The van der Waals surface area contributed by atoms with Gasteiger partial charge in [0.1, 0.15) is 18.8 Å². The largest absolute Gasteiger partial charge is 0.394 e. The van der Waals surface area contributed by atoms with E-state index in [4.69, 9.17) is 28.8 Å². The Hall–Kier alpha value is -0.650. The van der Waals surface area contributed by atoms with Crippen LogP contribution in [0.5, 0.6) is 0 Å². The van der Waals surface area contributed by atoms with Gasteiger partial charge in [0.15, 0.2) is 12.1 Å². The summed E-state index contributed by atoms with van der Waals surface area (Å²) in [6.07, 6.45) is -3.48. The minimum Gasteiger partial charge on any atom is -0.394 e. The molecule has 1 saturated heterocycles. The molecule has 0 amide bonds. The maximum atomic E-state index is 10.6. The molecule has 3 N–H and O–H groups in total. The summed E-state index contributed by atoms with van der Waals surface area (Å²) < 4.78 is 26.3. The van der Waals surface area contributed by atoms with Crippen molar-refractivity contribution in [1.29, 1.82) is 0 Å². The van der Waals surface area contributed by atoms with Gasteiger partial charge in [-0.05, 0) is 6.92 Å². The number of carbonyl (C=O) groups excluding carboxylic acids is 1. The highest BCUT2D eigenvalue weighted by atomic mass is 16.7. The normalized spacial score (nSPS) is 27.3. The first-order valence-corrected chi connectivity index (χ1v) is 8.01. The molecule has 1 aliphatic rings. The van der Waals surface area contributed by atoms with Gasteiger partial charge in [0.2, 0.25) is 0 Å². The van der Waals surface area contributed by atoms with Crippen molar-refractivity contribution >= 4 is 5.78 Å². The summed E-state index contributed by atoms with van der Waals surface area (Å²) in [6, 6.07) is 0. The van der Waals surface area contributed by atoms with E-state index in [0.717, 1.165) is 0 Å². The van der Waals surface area contributed by atoms with Crippen LogP contribution in [0.4, 0.5) is 0 Å². The fraction of sp³-hybridized carbons (Fsp3) is 0.933. The second kappa shape index (κ2) is 12.7. The molecule has 0 aromatic rings. The molecule has 24 heavy (non-hydrogen) atoms. The molecular weight excluding hydrogens is 324 g/mol. The van der Waals surface area contributed by atoms with E-state index >= 15 is 0 Å². The predicted octanol–water partition coefficient (Wildman–Crippen LogP) is -1.53. The summed E-state index contributed by atoms with van der Waals surface area (Å²) in [7, 11) is 0. The standard InChI is InChI=1S/C15H28O9/c1-11(17)10-22-5-4-20-2-3-21-6-7-23-14-8-12(18)15(19)13(9-16)24-14/h12-16,18-19H,2-10H2,1H3. The molecule has 1 fully saturated rings. The van der Waals surface area contributed by atoms with Crippen LogP contribution in [0.2, 0.25) is 0 Å². The second-order valence-electron chi connectivity index (χ2n) is 5.43. The van der Waals surface area contributed by atoms with Crippen molar-refractivity contribution in [3.05, 3.63) is 0 Å². The molecule has 0 aliphatic carbocycles. The second-order valence-corrected chi connectivity index (χ2v) is 5.43. The van der Waals surface area contributed by atoms with Crippen molar-refractivity contribution in [3.63, 3.8) is 0 Å². The third-order valence-corrected chi connectivity index (χ3v) is 3.30. The molecule has 4 atom stereocenters. The quantitative estimate of drug-likeness (QED) is 0.339. The predicted molar refractivity (Wildman–Crippen MR) is 81.5 cm³/mol. The molecule has 0 bridgehead atoms. The monoisotopic (exact) mass is 352 g/mol. The molecule has 0 saturated carbocycles. The Labute approximate surface area is 141 Å². The van der Waals surface area contributed by atoms with Gasteiger partial charge in [-0.25, -0.2) is 0 Å².